The van der Waals surface area contributed by atoms with Gasteiger partial charge in [0.15, 0.2) is 11.5 Å². The SMILES string of the molecule is COc1cc(C(=O)Nc2ccc(C(=O)N/N=C\c3ccc(N(C)C)cc3)cc2)cc(OC)c1OC. The van der Waals surface area contributed by atoms with Crippen LogP contribution in [-0.2, 0) is 0 Å². The van der Waals surface area contributed by atoms with Gasteiger partial charge in [0.2, 0.25) is 5.75 Å². The Kier molecular flexibility index (Phi) is 8.29. The van der Waals surface area contributed by atoms with E-state index in [4.69, 9.17) is 14.2 Å². The average Bonchev–Trinajstić information content (AvgIpc) is 2.88. The molecule has 0 unspecified atom stereocenters. The number of benzene rings is 3. The smallest absolute Gasteiger partial charge is 0.271 e. The lowest BCUT2D eigenvalue weighted by atomic mass is 10.1. The van der Waals surface area contributed by atoms with Gasteiger partial charge in [-0.05, 0) is 54.1 Å². The fraction of sp³-hybridized carbons (Fsp3) is 0.192. The second-order valence-corrected chi connectivity index (χ2v) is 7.63. The first-order valence-electron chi connectivity index (χ1n) is 10.7. The van der Waals surface area contributed by atoms with Gasteiger partial charge in [-0.15, -0.1) is 0 Å². The minimum Gasteiger partial charge on any atom is -0.493 e. The summed E-state index contributed by atoms with van der Waals surface area (Å²) in [4.78, 5) is 27.1. The van der Waals surface area contributed by atoms with Crippen LogP contribution in [0.15, 0.2) is 65.8 Å². The molecule has 9 heteroatoms. The number of methoxy groups -OCH3 is 3. The monoisotopic (exact) mass is 476 g/mol. The van der Waals surface area contributed by atoms with Crippen LogP contribution < -0.4 is 29.9 Å². The van der Waals surface area contributed by atoms with Gasteiger partial charge in [0, 0.05) is 36.6 Å². The summed E-state index contributed by atoms with van der Waals surface area (Å²) in [6.07, 6.45) is 1.57. The maximum atomic E-state index is 12.7. The molecule has 0 atom stereocenters. The molecule has 3 rings (SSSR count). The van der Waals surface area contributed by atoms with Crippen molar-refractivity contribution in [2.45, 2.75) is 0 Å². The molecule has 2 amide bonds. The van der Waals surface area contributed by atoms with E-state index in [0.29, 0.717) is 34.1 Å². The first-order chi connectivity index (χ1) is 16.9. The van der Waals surface area contributed by atoms with E-state index in [1.54, 1.807) is 42.6 Å². The van der Waals surface area contributed by atoms with Gasteiger partial charge in [-0.25, -0.2) is 5.43 Å². The molecule has 182 valence electrons. The minimum atomic E-state index is -0.369. The first-order valence-corrected chi connectivity index (χ1v) is 10.7. The van der Waals surface area contributed by atoms with Gasteiger partial charge in [-0.2, -0.15) is 5.10 Å². The average molecular weight is 477 g/mol. The Bertz CT molecular complexity index is 1180. The molecule has 0 bridgehead atoms. The van der Waals surface area contributed by atoms with Crippen LogP contribution in [-0.4, -0.2) is 53.5 Å². The second-order valence-electron chi connectivity index (χ2n) is 7.63. The molecule has 0 saturated heterocycles. The normalized spacial score (nSPS) is 10.5. The van der Waals surface area contributed by atoms with Crippen molar-refractivity contribution in [3.63, 3.8) is 0 Å². The molecule has 0 aliphatic carbocycles. The standard InChI is InChI=1S/C26H28N4O5/c1-30(2)21-12-6-17(7-13-21)16-27-29-26(32)18-8-10-20(11-9-18)28-25(31)19-14-22(33-3)24(35-5)23(15-19)34-4/h6-16H,1-5H3,(H,28,31)(H,29,32)/b27-16-. The molecule has 0 aliphatic heterocycles. The highest BCUT2D eigenvalue weighted by molar-refractivity contribution is 6.05. The van der Waals surface area contributed by atoms with E-state index in [2.05, 4.69) is 15.8 Å². The number of hydrogen-bond acceptors (Lipinski definition) is 7. The maximum Gasteiger partial charge on any atom is 0.271 e. The minimum absolute atomic E-state index is 0.328. The number of anilines is 2. The fourth-order valence-electron chi connectivity index (χ4n) is 3.21. The summed E-state index contributed by atoms with van der Waals surface area (Å²) < 4.78 is 15.9. The van der Waals surface area contributed by atoms with Gasteiger partial charge in [0.05, 0.1) is 27.5 Å². The summed E-state index contributed by atoms with van der Waals surface area (Å²) in [6, 6.07) is 17.3. The zero-order valence-corrected chi connectivity index (χ0v) is 20.3. The van der Waals surface area contributed by atoms with Crippen molar-refractivity contribution >= 4 is 29.4 Å². The highest BCUT2D eigenvalue weighted by Crippen LogP contribution is 2.38. The third-order valence-electron chi connectivity index (χ3n) is 5.12. The molecule has 0 heterocycles. The van der Waals surface area contributed by atoms with Crippen LogP contribution in [0.2, 0.25) is 0 Å². The fourth-order valence-corrected chi connectivity index (χ4v) is 3.21. The van der Waals surface area contributed by atoms with Gasteiger partial charge in [0.25, 0.3) is 11.8 Å². The molecule has 3 aromatic rings. The molecule has 0 aromatic heterocycles. The summed E-state index contributed by atoms with van der Waals surface area (Å²) in [5.74, 6) is 0.409. The molecule has 3 aromatic carbocycles. The van der Waals surface area contributed by atoms with Crippen LogP contribution >= 0.6 is 0 Å². The van der Waals surface area contributed by atoms with Gasteiger partial charge in [-0.1, -0.05) is 12.1 Å². The Balaban J connectivity index is 1.62. The van der Waals surface area contributed by atoms with E-state index in [-0.39, 0.29) is 11.8 Å². The number of hydrogen-bond donors (Lipinski definition) is 2. The van der Waals surface area contributed by atoms with Crippen molar-refractivity contribution in [1.29, 1.82) is 0 Å². The van der Waals surface area contributed by atoms with E-state index in [1.165, 1.54) is 21.3 Å². The van der Waals surface area contributed by atoms with Crippen molar-refractivity contribution in [2.75, 3.05) is 45.6 Å². The molecule has 0 aliphatic rings. The number of carbonyl (C=O) groups excluding carboxylic acids is 2. The molecular formula is C26H28N4O5. The predicted octanol–water partition coefficient (Wildman–Crippen LogP) is 3.79. The first kappa shape index (κ1) is 25.1. The van der Waals surface area contributed by atoms with E-state index in [1.807, 2.05) is 43.3 Å². The van der Waals surface area contributed by atoms with Crippen molar-refractivity contribution in [3.05, 3.63) is 77.4 Å². The summed E-state index contributed by atoms with van der Waals surface area (Å²) in [6.45, 7) is 0. The largest absolute Gasteiger partial charge is 0.493 e. The van der Waals surface area contributed by atoms with Crippen LogP contribution in [0.1, 0.15) is 26.3 Å². The molecule has 0 spiro atoms. The third kappa shape index (κ3) is 6.29. The predicted molar refractivity (Wildman–Crippen MR) is 136 cm³/mol. The number of amides is 2. The van der Waals surface area contributed by atoms with E-state index in [0.717, 1.165) is 11.3 Å². The third-order valence-corrected chi connectivity index (χ3v) is 5.12. The number of hydrazone groups is 1. The van der Waals surface area contributed by atoms with Crippen LogP contribution in [0, 0.1) is 0 Å². The zero-order chi connectivity index (χ0) is 25.4. The molecule has 9 nitrogen and oxygen atoms in total. The lowest BCUT2D eigenvalue weighted by Gasteiger charge is -2.14. The molecule has 0 saturated carbocycles. The quantitative estimate of drug-likeness (QED) is 0.360. The summed E-state index contributed by atoms with van der Waals surface area (Å²) in [5.41, 5.74) is 5.68. The number of nitrogens with zero attached hydrogens (tertiary/aromatic N) is 2. The number of ether oxygens (including phenoxy) is 3. The maximum absolute atomic E-state index is 12.7. The lowest BCUT2D eigenvalue weighted by Crippen LogP contribution is -2.18. The van der Waals surface area contributed by atoms with Crippen LogP contribution in [0.5, 0.6) is 17.2 Å². The van der Waals surface area contributed by atoms with Gasteiger partial charge in [0.1, 0.15) is 0 Å². The topological polar surface area (TPSA) is 101 Å². The number of carbonyl (C=O) groups is 2. The summed E-state index contributed by atoms with van der Waals surface area (Å²) in [7, 11) is 8.38. The van der Waals surface area contributed by atoms with E-state index >= 15 is 0 Å². The molecule has 0 fully saturated rings. The number of rotatable bonds is 9. The van der Waals surface area contributed by atoms with Crippen LogP contribution in [0.4, 0.5) is 11.4 Å². The Morgan fingerprint density at radius 3 is 1.91 bits per heavy atom. The van der Waals surface area contributed by atoms with Gasteiger partial charge in [-0.3, -0.25) is 9.59 Å². The Morgan fingerprint density at radius 2 is 1.40 bits per heavy atom. The Hall–Kier alpha value is -4.53. The van der Waals surface area contributed by atoms with Crippen molar-refractivity contribution in [3.8, 4) is 17.2 Å². The zero-order valence-electron chi connectivity index (χ0n) is 20.3. The summed E-state index contributed by atoms with van der Waals surface area (Å²) >= 11 is 0. The highest BCUT2D eigenvalue weighted by Gasteiger charge is 2.17. The Morgan fingerprint density at radius 1 is 0.800 bits per heavy atom. The molecule has 0 radical (unpaired) electrons. The lowest BCUT2D eigenvalue weighted by molar-refractivity contribution is 0.0954. The van der Waals surface area contributed by atoms with Crippen molar-refractivity contribution < 1.29 is 23.8 Å². The molecular weight excluding hydrogens is 448 g/mol. The molecule has 2 N–H and O–H groups in total. The van der Waals surface area contributed by atoms with Crippen LogP contribution in [0.25, 0.3) is 0 Å². The Labute approximate surface area is 204 Å². The van der Waals surface area contributed by atoms with Crippen molar-refractivity contribution in [1.82, 2.24) is 5.43 Å². The number of nitrogens with one attached hydrogen (secondary N) is 2. The van der Waals surface area contributed by atoms with Crippen molar-refractivity contribution in [2.24, 2.45) is 5.10 Å². The van der Waals surface area contributed by atoms with Gasteiger partial charge < -0.3 is 24.4 Å². The highest BCUT2D eigenvalue weighted by atomic mass is 16.5. The summed E-state index contributed by atoms with van der Waals surface area (Å²) in [5, 5.41) is 6.79. The van der Waals surface area contributed by atoms with Crippen LogP contribution in [0.3, 0.4) is 0 Å². The van der Waals surface area contributed by atoms with E-state index < -0.39 is 0 Å². The molecule has 35 heavy (non-hydrogen) atoms. The van der Waals surface area contributed by atoms with E-state index in [9.17, 15) is 9.59 Å². The van der Waals surface area contributed by atoms with Gasteiger partial charge >= 0.3 is 0 Å². The second kappa shape index (κ2) is 11.6.